The van der Waals surface area contributed by atoms with E-state index in [1.165, 1.54) is 0 Å². The van der Waals surface area contributed by atoms with Gasteiger partial charge in [-0.3, -0.25) is 9.69 Å². The fourth-order valence-corrected chi connectivity index (χ4v) is 2.99. The Hall–Kier alpha value is -1.10. The van der Waals surface area contributed by atoms with E-state index in [1.807, 2.05) is 18.2 Å². The number of piperidine rings is 1. The van der Waals surface area contributed by atoms with Crippen LogP contribution in [0.4, 0.5) is 0 Å². The monoisotopic (exact) mass is 296 g/mol. The van der Waals surface area contributed by atoms with Crippen molar-refractivity contribution in [3.8, 4) is 0 Å². The van der Waals surface area contributed by atoms with Crippen LogP contribution in [0, 0.1) is 5.92 Å². The third-order valence-corrected chi connectivity index (χ3v) is 4.43. The van der Waals surface area contributed by atoms with Gasteiger partial charge in [-0.15, -0.1) is 0 Å². The molecule has 20 heavy (non-hydrogen) atoms. The first-order valence-corrected chi connectivity index (χ1v) is 7.32. The Bertz CT molecular complexity index is 481. The molecule has 0 spiro atoms. The molecule has 0 aliphatic carbocycles. The van der Waals surface area contributed by atoms with Crippen LogP contribution in [0.2, 0.25) is 5.02 Å². The molecule has 0 bridgehead atoms. The van der Waals surface area contributed by atoms with Crippen molar-refractivity contribution in [2.24, 2.45) is 11.7 Å². The van der Waals surface area contributed by atoms with Gasteiger partial charge in [-0.2, -0.15) is 0 Å². The van der Waals surface area contributed by atoms with E-state index >= 15 is 0 Å². The molecule has 5 heteroatoms. The van der Waals surface area contributed by atoms with Gasteiger partial charge in [0.1, 0.15) is 0 Å². The standard InChI is InChI=1S/C15H21ClN2O2/c1-10-6-7-11(15(17)20)8-18(10)9-14(19)12-4-2-3-5-13(12)16/h2-5,10-11,14,19H,6-9H2,1H3,(H2,17,20). The minimum absolute atomic E-state index is 0.121. The molecule has 4 nitrogen and oxygen atoms in total. The average Bonchev–Trinajstić information content (AvgIpc) is 2.41. The van der Waals surface area contributed by atoms with Crippen LogP contribution < -0.4 is 5.73 Å². The molecule has 3 atom stereocenters. The van der Waals surface area contributed by atoms with Gasteiger partial charge in [0.05, 0.1) is 12.0 Å². The van der Waals surface area contributed by atoms with Crippen LogP contribution in [-0.4, -0.2) is 35.0 Å². The highest BCUT2D eigenvalue weighted by molar-refractivity contribution is 6.31. The first-order chi connectivity index (χ1) is 9.49. The Labute approximate surface area is 124 Å². The van der Waals surface area contributed by atoms with Gasteiger partial charge in [0.25, 0.3) is 0 Å². The molecule has 0 saturated carbocycles. The highest BCUT2D eigenvalue weighted by Crippen LogP contribution is 2.27. The fraction of sp³-hybridized carbons (Fsp3) is 0.533. The molecule has 1 heterocycles. The second-order valence-electron chi connectivity index (χ2n) is 5.52. The number of aliphatic hydroxyl groups excluding tert-OH is 1. The van der Waals surface area contributed by atoms with Crippen LogP contribution in [0.25, 0.3) is 0 Å². The topological polar surface area (TPSA) is 66.6 Å². The minimum atomic E-state index is -0.655. The number of primary amides is 1. The van der Waals surface area contributed by atoms with Crippen LogP contribution >= 0.6 is 11.6 Å². The van der Waals surface area contributed by atoms with Crippen molar-refractivity contribution in [1.29, 1.82) is 0 Å². The van der Waals surface area contributed by atoms with E-state index in [-0.39, 0.29) is 11.8 Å². The zero-order chi connectivity index (χ0) is 14.7. The third-order valence-electron chi connectivity index (χ3n) is 4.09. The number of nitrogens with two attached hydrogens (primary N) is 1. The van der Waals surface area contributed by atoms with Gasteiger partial charge in [0, 0.05) is 29.7 Å². The molecular weight excluding hydrogens is 276 g/mol. The van der Waals surface area contributed by atoms with Crippen LogP contribution in [0.3, 0.4) is 0 Å². The Morgan fingerprint density at radius 2 is 2.20 bits per heavy atom. The van der Waals surface area contributed by atoms with Crippen LogP contribution in [0.15, 0.2) is 24.3 Å². The summed E-state index contributed by atoms with van der Waals surface area (Å²) in [4.78, 5) is 13.4. The van der Waals surface area contributed by atoms with E-state index in [0.717, 1.165) is 18.4 Å². The quantitative estimate of drug-likeness (QED) is 0.892. The van der Waals surface area contributed by atoms with Gasteiger partial charge < -0.3 is 10.8 Å². The SMILES string of the molecule is CC1CCC(C(N)=O)CN1CC(O)c1ccccc1Cl. The van der Waals surface area contributed by atoms with Crippen molar-refractivity contribution in [2.75, 3.05) is 13.1 Å². The van der Waals surface area contributed by atoms with Gasteiger partial charge in [-0.25, -0.2) is 0 Å². The van der Waals surface area contributed by atoms with E-state index in [1.54, 1.807) is 6.07 Å². The maximum atomic E-state index is 11.3. The number of carbonyl (C=O) groups excluding carboxylic acids is 1. The molecule has 2 rings (SSSR count). The summed E-state index contributed by atoms with van der Waals surface area (Å²) in [5.41, 5.74) is 6.12. The first kappa shape index (κ1) is 15.3. The number of hydrogen-bond donors (Lipinski definition) is 2. The van der Waals surface area contributed by atoms with E-state index in [0.29, 0.717) is 24.2 Å². The Kier molecular flexibility index (Phi) is 5.02. The summed E-state index contributed by atoms with van der Waals surface area (Å²) in [7, 11) is 0. The number of rotatable bonds is 4. The van der Waals surface area contributed by atoms with E-state index in [9.17, 15) is 9.90 Å². The summed E-state index contributed by atoms with van der Waals surface area (Å²) in [6, 6.07) is 7.63. The number of benzene rings is 1. The van der Waals surface area contributed by atoms with Crippen molar-refractivity contribution in [1.82, 2.24) is 4.90 Å². The summed E-state index contributed by atoms with van der Waals surface area (Å²) >= 11 is 6.10. The van der Waals surface area contributed by atoms with Crippen molar-refractivity contribution >= 4 is 17.5 Å². The van der Waals surface area contributed by atoms with Crippen molar-refractivity contribution in [3.63, 3.8) is 0 Å². The molecular formula is C15H21ClN2O2. The fourth-order valence-electron chi connectivity index (χ4n) is 2.73. The summed E-state index contributed by atoms with van der Waals surface area (Å²) in [5, 5.41) is 10.9. The van der Waals surface area contributed by atoms with Gasteiger partial charge in [-0.05, 0) is 25.8 Å². The summed E-state index contributed by atoms with van der Waals surface area (Å²) in [6.07, 6.45) is 1.09. The number of halogens is 1. The zero-order valence-corrected chi connectivity index (χ0v) is 12.4. The molecule has 110 valence electrons. The van der Waals surface area contributed by atoms with Crippen LogP contribution in [0.5, 0.6) is 0 Å². The Morgan fingerprint density at radius 3 is 2.85 bits per heavy atom. The summed E-state index contributed by atoms with van der Waals surface area (Å²) < 4.78 is 0. The van der Waals surface area contributed by atoms with Crippen LogP contribution in [0.1, 0.15) is 31.4 Å². The molecule has 0 radical (unpaired) electrons. The van der Waals surface area contributed by atoms with Crippen molar-refractivity contribution in [2.45, 2.75) is 31.9 Å². The summed E-state index contributed by atoms with van der Waals surface area (Å²) in [5.74, 6) is -0.376. The number of hydrogen-bond acceptors (Lipinski definition) is 3. The maximum Gasteiger partial charge on any atom is 0.221 e. The lowest BCUT2D eigenvalue weighted by Gasteiger charge is -2.38. The maximum absolute atomic E-state index is 11.3. The Morgan fingerprint density at radius 1 is 1.50 bits per heavy atom. The molecule has 3 N–H and O–H groups in total. The number of aliphatic hydroxyl groups is 1. The van der Waals surface area contributed by atoms with Gasteiger partial charge in [0.2, 0.25) is 5.91 Å². The number of nitrogens with zero attached hydrogens (tertiary/aromatic N) is 1. The molecule has 1 aromatic rings. The second kappa shape index (κ2) is 6.57. The number of β-amino-alcohol motifs (C(OH)–C–C–N with tert-alkyl or cyclic N) is 1. The molecule has 1 amide bonds. The van der Waals surface area contributed by atoms with Gasteiger partial charge in [0.15, 0.2) is 0 Å². The van der Waals surface area contributed by atoms with E-state index in [2.05, 4.69) is 11.8 Å². The predicted octanol–water partition coefficient (Wildman–Crippen LogP) is 1.96. The van der Waals surface area contributed by atoms with E-state index in [4.69, 9.17) is 17.3 Å². The molecule has 1 aromatic carbocycles. The normalized spacial score (nSPS) is 25.4. The first-order valence-electron chi connectivity index (χ1n) is 6.95. The smallest absolute Gasteiger partial charge is 0.221 e. The molecule has 1 saturated heterocycles. The Balaban J connectivity index is 2.04. The van der Waals surface area contributed by atoms with Crippen molar-refractivity contribution in [3.05, 3.63) is 34.9 Å². The number of amides is 1. The third kappa shape index (κ3) is 3.51. The molecule has 1 aliphatic rings. The van der Waals surface area contributed by atoms with Gasteiger partial charge >= 0.3 is 0 Å². The van der Waals surface area contributed by atoms with Crippen molar-refractivity contribution < 1.29 is 9.90 Å². The lowest BCUT2D eigenvalue weighted by molar-refractivity contribution is -0.124. The zero-order valence-electron chi connectivity index (χ0n) is 11.6. The molecule has 0 aromatic heterocycles. The summed E-state index contributed by atoms with van der Waals surface area (Å²) in [6.45, 7) is 3.18. The highest BCUT2D eigenvalue weighted by atomic mass is 35.5. The lowest BCUT2D eigenvalue weighted by atomic mass is 9.92. The largest absolute Gasteiger partial charge is 0.387 e. The van der Waals surface area contributed by atoms with E-state index < -0.39 is 6.10 Å². The number of carbonyl (C=O) groups is 1. The highest BCUT2D eigenvalue weighted by Gasteiger charge is 2.30. The van der Waals surface area contributed by atoms with Crippen LogP contribution in [-0.2, 0) is 4.79 Å². The lowest BCUT2D eigenvalue weighted by Crippen LogP contribution is -2.47. The predicted molar refractivity (Wildman–Crippen MR) is 79.4 cm³/mol. The minimum Gasteiger partial charge on any atom is -0.387 e. The molecule has 1 fully saturated rings. The molecule has 3 unspecified atom stereocenters. The second-order valence-corrected chi connectivity index (χ2v) is 5.92. The van der Waals surface area contributed by atoms with Gasteiger partial charge in [-0.1, -0.05) is 29.8 Å². The average molecular weight is 297 g/mol. The number of likely N-dealkylation sites (tertiary alicyclic amines) is 1. The molecule has 1 aliphatic heterocycles.